The number of hydrogen-bond donors (Lipinski definition) is 1. The normalized spacial score (nSPS) is 15.0. The molecule has 0 saturated heterocycles. The van der Waals surface area contributed by atoms with Gasteiger partial charge >= 0.3 is 0 Å². The Morgan fingerprint density at radius 1 is 1.17 bits per heavy atom. The van der Waals surface area contributed by atoms with E-state index in [1.165, 1.54) is 5.56 Å². The van der Waals surface area contributed by atoms with Crippen LogP contribution < -0.4 is 9.46 Å². The number of sulfonamides is 1. The number of benzene rings is 2. The summed E-state index contributed by atoms with van der Waals surface area (Å²) in [5, 5.41) is 0. The highest BCUT2D eigenvalue weighted by Gasteiger charge is 2.20. The van der Waals surface area contributed by atoms with E-state index in [1.807, 2.05) is 25.1 Å². The molecule has 2 aromatic carbocycles. The molecule has 0 aromatic heterocycles. The number of ether oxygens (including phenoxy) is 1. The summed E-state index contributed by atoms with van der Waals surface area (Å²) in [6.07, 6.45) is 2.38. The van der Waals surface area contributed by atoms with Crippen molar-refractivity contribution in [3.05, 3.63) is 59.7 Å². The van der Waals surface area contributed by atoms with Crippen LogP contribution in [0.2, 0.25) is 0 Å². The summed E-state index contributed by atoms with van der Waals surface area (Å²) in [5.74, 6) is 0.793. The molecule has 2 aromatic rings. The van der Waals surface area contributed by atoms with Crippen LogP contribution in [0.25, 0.3) is 0 Å². The topological polar surface area (TPSA) is 55.4 Å². The molecule has 1 aliphatic heterocycles. The number of nitrogens with one attached hydrogen (secondary N) is 1. The third-order valence-electron chi connectivity index (χ3n) is 4.04. The molecule has 1 aliphatic rings. The highest BCUT2D eigenvalue weighted by molar-refractivity contribution is 7.89. The van der Waals surface area contributed by atoms with Gasteiger partial charge in [-0.2, -0.15) is 0 Å². The zero-order valence-corrected chi connectivity index (χ0v) is 14.0. The maximum atomic E-state index is 12.5. The number of rotatable bonds is 6. The first-order chi connectivity index (χ1) is 11.0. The summed E-state index contributed by atoms with van der Waals surface area (Å²) in [6, 6.07) is 15.0. The van der Waals surface area contributed by atoms with Crippen LogP contribution in [0, 0.1) is 0 Å². The van der Waals surface area contributed by atoms with Crippen LogP contribution in [0.5, 0.6) is 5.75 Å². The van der Waals surface area contributed by atoms with Crippen LogP contribution in [0.3, 0.4) is 0 Å². The van der Waals surface area contributed by atoms with Crippen LogP contribution in [-0.4, -0.2) is 21.1 Å². The fourth-order valence-corrected chi connectivity index (χ4v) is 4.08. The van der Waals surface area contributed by atoms with E-state index in [0.29, 0.717) is 11.5 Å². The van der Waals surface area contributed by atoms with Gasteiger partial charge < -0.3 is 4.74 Å². The first-order valence-electron chi connectivity index (χ1n) is 7.86. The Bertz CT molecular complexity index is 772. The van der Waals surface area contributed by atoms with Crippen molar-refractivity contribution in [3.8, 4) is 5.75 Å². The zero-order valence-electron chi connectivity index (χ0n) is 13.2. The molecular formula is C18H21NO3S. The van der Waals surface area contributed by atoms with Crippen LogP contribution in [-0.2, 0) is 22.9 Å². The molecule has 0 bridgehead atoms. The number of aryl methyl sites for hydroxylation is 1. The van der Waals surface area contributed by atoms with Gasteiger partial charge in [-0.1, -0.05) is 30.3 Å². The molecule has 5 heteroatoms. The van der Waals surface area contributed by atoms with E-state index >= 15 is 0 Å². The van der Waals surface area contributed by atoms with E-state index in [9.17, 15) is 8.42 Å². The first-order valence-corrected chi connectivity index (χ1v) is 9.35. The van der Waals surface area contributed by atoms with E-state index in [2.05, 4.69) is 16.9 Å². The minimum Gasteiger partial charge on any atom is -0.493 e. The van der Waals surface area contributed by atoms with E-state index in [-0.39, 0.29) is 6.04 Å². The van der Waals surface area contributed by atoms with E-state index in [0.717, 1.165) is 30.6 Å². The van der Waals surface area contributed by atoms with Gasteiger partial charge in [0.2, 0.25) is 10.0 Å². The molecule has 1 N–H and O–H groups in total. The molecule has 0 spiro atoms. The lowest BCUT2D eigenvalue weighted by molar-refractivity contribution is 0.356. The summed E-state index contributed by atoms with van der Waals surface area (Å²) < 4.78 is 33.2. The van der Waals surface area contributed by atoms with Crippen LogP contribution in [0.15, 0.2) is 53.4 Å². The molecule has 3 rings (SSSR count). The van der Waals surface area contributed by atoms with Crippen LogP contribution >= 0.6 is 0 Å². The average Bonchev–Trinajstić information content (AvgIpc) is 3.01. The Morgan fingerprint density at radius 3 is 2.74 bits per heavy atom. The van der Waals surface area contributed by atoms with Gasteiger partial charge in [-0.25, -0.2) is 13.1 Å². The second-order valence-electron chi connectivity index (χ2n) is 5.91. The second-order valence-corrected chi connectivity index (χ2v) is 7.63. The molecule has 23 heavy (non-hydrogen) atoms. The lowest BCUT2D eigenvalue weighted by Gasteiger charge is -2.14. The van der Waals surface area contributed by atoms with Gasteiger partial charge in [0.1, 0.15) is 5.75 Å². The van der Waals surface area contributed by atoms with Gasteiger partial charge in [0.25, 0.3) is 0 Å². The molecular weight excluding hydrogens is 310 g/mol. The maximum absolute atomic E-state index is 12.5. The highest BCUT2D eigenvalue weighted by Crippen LogP contribution is 2.27. The van der Waals surface area contributed by atoms with Crippen LogP contribution in [0.4, 0.5) is 0 Å². The molecule has 0 saturated carbocycles. The Morgan fingerprint density at radius 2 is 1.96 bits per heavy atom. The van der Waals surface area contributed by atoms with Crippen molar-refractivity contribution in [3.63, 3.8) is 0 Å². The van der Waals surface area contributed by atoms with Gasteiger partial charge in [-0.3, -0.25) is 0 Å². The summed E-state index contributed by atoms with van der Waals surface area (Å²) in [6.45, 7) is 2.52. The van der Waals surface area contributed by atoms with Gasteiger partial charge in [0, 0.05) is 12.5 Å². The predicted octanol–water partition coefficient (Wildman–Crippen LogP) is 2.92. The highest BCUT2D eigenvalue weighted by atomic mass is 32.2. The van der Waals surface area contributed by atoms with Crippen LogP contribution in [0.1, 0.15) is 24.5 Å². The lowest BCUT2D eigenvalue weighted by atomic mass is 10.1. The Balaban J connectivity index is 1.63. The van der Waals surface area contributed by atoms with Crippen molar-refractivity contribution in [1.82, 2.24) is 4.72 Å². The minimum atomic E-state index is -3.49. The van der Waals surface area contributed by atoms with Gasteiger partial charge in [0.15, 0.2) is 0 Å². The second kappa shape index (κ2) is 6.72. The third-order valence-corrected chi connectivity index (χ3v) is 5.62. The molecule has 1 unspecified atom stereocenters. The van der Waals surface area contributed by atoms with E-state index < -0.39 is 10.0 Å². The molecule has 122 valence electrons. The van der Waals surface area contributed by atoms with Gasteiger partial charge in [0.05, 0.1) is 11.5 Å². The Labute approximate surface area is 137 Å². The number of hydrogen-bond acceptors (Lipinski definition) is 3. The van der Waals surface area contributed by atoms with Crippen molar-refractivity contribution in [2.75, 3.05) is 6.61 Å². The van der Waals surface area contributed by atoms with Crippen molar-refractivity contribution >= 4 is 10.0 Å². The average molecular weight is 331 g/mol. The molecule has 0 radical (unpaired) electrons. The quantitative estimate of drug-likeness (QED) is 0.885. The fourth-order valence-electron chi connectivity index (χ4n) is 2.75. The van der Waals surface area contributed by atoms with Gasteiger partial charge in [-0.15, -0.1) is 0 Å². The smallest absolute Gasteiger partial charge is 0.240 e. The standard InChI is InChI=1S/C18H21NO3S/c1-14(7-8-15-5-3-2-4-6-15)19-23(20,21)17-9-10-18-16(13-17)11-12-22-18/h2-6,9-10,13-14,19H,7-8,11-12H2,1H3. The molecule has 0 aliphatic carbocycles. The first kappa shape index (κ1) is 16.0. The summed E-state index contributed by atoms with van der Waals surface area (Å²) in [5.41, 5.74) is 2.18. The van der Waals surface area contributed by atoms with Crippen molar-refractivity contribution in [2.45, 2.75) is 37.1 Å². The fraction of sp³-hybridized carbons (Fsp3) is 0.333. The Hall–Kier alpha value is -1.85. The van der Waals surface area contributed by atoms with Crippen molar-refractivity contribution < 1.29 is 13.2 Å². The SMILES string of the molecule is CC(CCc1ccccc1)NS(=O)(=O)c1ccc2c(c1)CCO2. The molecule has 4 nitrogen and oxygen atoms in total. The van der Waals surface area contributed by atoms with Crippen molar-refractivity contribution in [1.29, 1.82) is 0 Å². The molecule has 0 amide bonds. The van der Waals surface area contributed by atoms with Gasteiger partial charge in [-0.05, 0) is 49.1 Å². The minimum absolute atomic E-state index is 0.121. The maximum Gasteiger partial charge on any atom is 0.240 e. The van der Waals surface area contributed by atoms with E-state index in [4.69, 9.17) is 4.74 Å². The number of fused-ring (bicyclic) bond motifs is 1. The molecule has 1 atom stereocenters. The van der Waals surface area contributed by atoms with E-state index in [1.54, 1.807) is 18.2 Å². The lowest BCUT2D eigenvalue weighted by Crippen LogP contribution is -2.33. The Kier molecular flexibility index (Phi) is 4.68. The van der Waals surface area contributed by atoms with Crippen molar-refractivity contribution in [2.24, 2.45) is 0 Å². The zero-order chi connectivity index (χ0) is 16.3. The monoisotopic (exact) mass is 331 g/mol. The molecule has 0 fully saturated rings. The summed E-state index contributed by atoms with van der Waals surface area (Å²) >= 11 is 0. The molecule has 1 heterocycles. The third kappa shape index (κ3) is 3.92. The summed E-state index contributed by atoms with van der Waals surface area (Å²) in [7, 11) is -3.49. The largest absolute Gasteiger partial charge is 0.493 e. The summed E-state index contributed by atoms with van der Waals surface area (Å²) in [4.78, 5) is 0.313. The predicted molar refractivity (Wildman–Crippen MR) is 90.2 cm³/mol.